The molecule has 0 spiro atoms. The maximum atomic E-state index is 12.1. The van der Waals surface area contributed by atoms with Crippen LogP contribution in [0.5, 0.6) is 0 Å². The standard InChI is InChI=1S/C13H25N3O/c1-14-5-3-12(4-6-14)11-13(17)16-9-7-15(2)8-10-16/h12H,3-11H2,1-2H3. The van der Waals surface area contributed by atoms with Gasteiger partial charge in [-0.2, -0.15) is 0 Å². The predicted molar refractivity (Wildman–Crippen MR) is 68.9 cm³/mol. The van der Waals surface area contributed by atoms with Gasteiger partial charge in [0.1, 0.15) is 0 Å². The minimum atomic E-state index is 0.382. The van der Waals surface area contributed by atoms with Crippen LogP contribution in [-0.2, 0) is 4.79 Å². The van der Waals surface area contributed by atoms with E-state index in [1.165, 1.54) is 12.8 Å². The molecule has 0 saturated carbocycles. The first-order chi connectivity index (χ1) is 8.15. The molecule has 0 bridgehead atoms. The van der Waals surface area contributed by atoms with Crippen LogP contribution < -0.4 is 0 Å². The molecule has 4 heteroatoms. The van der Waals surface area contributed by atoms with Gasteiger partial charge < -0.3 is 14.7 Å². The first kappa shape index (κ1) is 12.8. The van der Waals surface area contributed by atoms with Crippen molar-refractivity contribution < 1.29 is 4.79 Å². The lowest BCUT2D eigenvalue weighted by Gasteiger charge is -2.34. The van der Waals surface area contributed by atoms with Gasteiger partial charge in [-0.1, -0.05) is 0 Å². The molecule has 2 saturated heterocycles. The molecule has 2 rings (SSSR count). The van der Waals surface area contributed by atoms with Crippen molar-refractivity contribution >= 4 is 5.91 Å². The molecule has 0 aromatic rings. The van der Waals surface area contributed by atoms with Gasteiger partial charge in [0, 0.05) is 32.6 Å². The SMILES string of the molecule is CN1CCC(CC(=O)N2CCN(C)CC2)CC1. The van der Waals surface area contributed by atoms with E-state index in [-0.39, 0.29) is 0 Å². The van der Waals surface area contributed by atoms with Crippen LogP contribution in [0.4, 0.5) is 0 Å². The summed E-state index contributed by atoms with van der Waals surface area (Å²) in [6.45, 7) is 6.20. The lowest BCUT2D eigenvalue weighted by molar-refractivity contribution is -0.134. The summed E-state index contributed by atoms with van der Waals surface area (Å²) in [5.41, 5.74) is 0. The third kappa shape index (κ3) is 3.68. The van der Waals surface area contributed by atoms with Crippen LogP contribution in [0.3, 0.4) is 0 Å². The molecule has 2 aliphatic heterocycles. The maximum Gasteiger partial charge on any atom is 0.222 e. The molecule has 0 aromatic carbocycles. The van der Waals surface area contributed by atoms with Crippen molar-refractivity contribution in [2.75, 3.05) is 53.4 Å². The molecule has 2 aliphatic rings. The number of nitrogens with zero attached hydrogens (tertiary/aromatic N) is 3. The fourth-order valence-corrected chi connectivity index (χ4v) is 2.70. The molecule has 0 unspecified atom stereocenters. The Morgan fingerprint density at radius 2 is 1.47 bits per heavy atom. The van der Waals surface area contributed by atoms with Gasteiger partial charge in [0.2, 0.25) is 5.91 Å². The molecular formula is C13H25N3O. The summed E-state index contributed by atoms with van der Waals surface area (Å²) in [6, 6.07) is 0. The number of rotatable bonds is 2. The summed E-state index contributed by atoms with van der Waals surface area (Å²) in [7, 11) is 4.29. The van der Waals surface area contributed by atoms with Crippen molar-refractivity contribution in [1.29, 1.82) is 0 Å². The van der Waals surface area contributed by atoms with Gasteiger partial charge in [-0.3, -0.25) is 4.79 Å². The molecule has 98 valence electrons. The summed E-state index contributed by atoms with van der Waals surface area (Å²) < 4.78 is 0. The highest BCUT2D eigenvalue weighted by Gasteiger charge is 2.24. The predicted octanol–water partition coefficient (Wildman–Crippen LogP) is 0.492. The van der Waals surface area contributed by atoms with Crippen molar-refractivity contribution in [2.45, 2.75) is 19.3 Å². The van der Waals surface area contributed by atoms with E-state index in [1.54, 1.807) is 0 Å². The number of hydrogen-bond acceptors (Lipinski definition) is 3. The highest BCUT2D eigenvalue weighted by atomic mass is 16.2. The second-order valence-corrected chi connectivity index (χ2v) is 5.63. The van der Waals surface area contributed by atoms with Crippen LogP contribution in [0, 0.1) is 5.92 Å². The number of likely N-dealkylation sites (N-methyl/N-ethyl adjacent to an activating group) is 1. The van der Waals surface area contributed by atoms with Gasteiger partial charge in [0.25, 0.3) is 0 Å². The van der Waals surface area contributed by atoms with E-state index in [4.69, 9.17) is 0 Å². The number of carbonyl (C=O) groups excluding carboxylic acids is 1. The zero-order valence-corrected chi connectivity index (χ0v) is 11.2. The Morgan fingerprint density at radius 3 is 2.06 bits per heavy atom. The van der Waals surface area contributed by atoms with E-state index in [0.717, 1.165) is 45.7 Å². The third-order valence-corrected chi connectivity index (χ3v) is 4.16. The van der Waals surface area contributed by atoms with Gasteiger partial charge in [-0.25, -0.2) is 0 Å². The number of piperidine rings is 1. The molecule has 1 amide bonds. The molecular weight excluding hydrogens is 214 g/mol. The second kappa shape index (κ2) is 5.83. The van der Waals surface area contributed by atoms with Crippen molar-refractivity contribution in [3.63, 3.8) is 0 Å². The van der Waals surface area contributed by atoms with E-state index in [9.17, 15) is 4.79 Å². The topological polar surface area (TPSA) is 26.8 Å². The Kier molecular flexibility index (Phi) is 4.40. The molecule has 0 aliphatic carbocycles. The lowest BCUT2D eigenvalue weighted by Crippen LogP contribution is -2.47. The molecule has 0 N–H and O–H groups in total. The molecule has 17 heavy (non-hydrogen) atoms. The second-order valence-electron chi connectivity index (χ2n) is 5.63. The minimum Gasteiger partial charge on any atom is -0.340 e. The van der Waals surface area contributed by atoms with Crippen LogP contribution >= 0.6 is 0 Å². The molecule has 2 fully saturated rings. The highest BCUT2D eigenvalue weighted by Crippen LogP contribution is 2.20. The average Bonchev–Trinajstić information content (AvgIpc) is 2.33. The van der Waals surface area contributed by atoms with E-state index in [0.29, 0.717) is 11.8 Å². The summed E-state index contributed by atoms with van der Waals surface area (Å²) >= 11 is 0. The summed E-state index contributed by atoms with van der Waals surface area (Å²) in [5, 5.41) is 0. The van der Waals surface area contributed by atoms with Gasteiger partial charge in [0.05, 0.1) is 0 Å². The van der Waals surface area contributed by atoms with Gasteiger partial charge in [-0.05, 0) is 45.9 Å². The maximum absolute atomic E-state index is 12.1. The number of carbonyl (C=O) groups is 1. The monoisotopic (exact) mass is 239 g/mol. The van der Waals surface area contributed by atoms with Gasteiger partial charge in [0.15, 0.2) is 0 Å². The number of piperazine rings is 1. The van der Waals surface area contributed by atoms with Crippen LogP contribution in [-0.4, -0.2) is 74.0 Å². The van der Waals surface area contributed by atoms with E-state index in [1.807, 2.05) is 0 Å². The van der Waals surface area contributed by atoms with Gasteiger partial charge in [-0.15, -0.1) is 0 Å². The normalized spacial score (nSPS) is 25.2. The van der Waals surface area contributed by atoms with Gasteiger partial charge >= 0.3 is 0 Å². The number of amides is 1. The zero-order valence-electron chi connectivity index (χ0n) is 11.2. The van der Waals surface area contributed by atoms with Crippen LogP contribution in [0.25, 0.3) is 0 Å². The van der Waals surface area contributed by atoms with Crippen LogP contribution in [0.2, 0.25) is 0 Å². The fraction of sp³-hybridized carbons (Fsp3) is 0.923. The largest absolute Gasteiger partial charge is 0.340 e. The van der Waals surface area contributed by atoms with E-state index >= 15 is 0 Å². The Bertz CT molecular complexity index is 253. The fourth-order valence-electron chi connectivity index (χ4n) is 2.70. The number of likely N-dealkylation sites (tertiary alicyclic amines) is 1. The third-order valence-electron chi connectivity index (χ3n) is 4.16. The van der Waals surface area contributed by atoms with E-state index in [2.05, 4.69) is 28.8 Å². The Balaban J connectivity index is 1.73. The smallest absolute Gasteiger partial charge is 0.222 e. The molecule has 0 radical (unpaired) electrons. The number of hydrogen-bond donors (Lipinski definition) is 0. The Morgan fingerprint density at radius 1 is 0.941 bits per heavy atom. The first-order valence-electron chi connectivity index (χ1n) is 6.80. The Hall–Kier alpha value is -0.610. The molecule has 4 nitrogen and oxygen atoms in total. The van der Waals surface area contributed by atoms with Crippen molar-refractivity contribution in [3.8, 4) is 0 Å². The van der Waals surface area contributed by atoms with Crippen molar-refractivity contribution in [1.82, 2.24) is 14.7 Å². The quantitative estimate of drug-likeness (QED) is 0.702. The zero-order chi connectivity index (χ0) is 12.3. The summed E-state index contributed by atoms with van der Waals surface area (Å²) in [4.78, 5) is 18.9. The Labute approximate surface area is 105 Å². The van der Waals surface area contributed by atoms with Crippen molar-refractivity contribution in [2.24, 2.45) is 5.92 Å². The molecule has 2 heterocycles. The van der Waals surface area contributed by atoms with E-state index < -0.39 is 0 Å². The lowest BCUT2D eigenvalue weighted by atomic mass is 9.93. The molecule has 0 atom stereocenters. The highest BCUT2D eigenvalue weighted by molar-refractivity contribution is 5.76. The minimum absolute atomic E-state index is 0.382. The average molecular weight is 239 g/mol. The first-order valence-corrected chi connectivity index (χ1v) is 6.80. The van der Waals surface area contributed by atoms with Crippen molar-refractivity contribution in [3.05, 3.63) is 0 Å². The summed E-state index contributed by atoms with van der Waals surface area (Å²) in [5.74, 6) is 1.01. The summed E-state index contributed by atoms with van der Waals surface area (Å²) in [6.07, 6.45) is 3.16. The van der Waals surface area contributed by atoms with Crippen LogP contribution in [0.1, 0.15) is 19.3 Å². The van der Waals surface area contributed by atoms with Crippen LogP contribution in [0.15, 0.2) is 0 Å². The molecule has 0 aromatic heterocycles.